The molecule has 5 aromatic rings. The number of aromatic amines is 1. The molecule has 0 atom stereocenters. The van der Waals surface area contributed by atoms with Crippen molar-refractivity contribution < 1.29 is 30.0 Å². The number of aryl methyl sites for hydroxylation is 2. The van der Waals surface area contributed by atoms with Crippen LogP contribution in [-0.2, 0) is 26.6 Å². The number of benzene rings is 3. The molecule has 224 valence electrons. The number of nitrogens with zero attached hydrogens (tertiary/aromatic N) is 6. The molecule has 0 fully saturated rings. The molecule has 0 saturated carbocycles. The minimum atomic E-state index is -4.92. The molecule has 3 aromatic carbocycles. The number of sulfonamides is 2. The number of alkyl halides is 3. The number of H-pyrrole nitrogens is 1. The monoisotopic (exact) mass is 631 g/mol. The molecule has 11 nitrogen and oxygen atoms in total. The van der Waals surface area contributed by atoms with E-state index in [1.54, 1.807) is 26.0 Å². The Morgan fingerprint density at radius 1 is 0.767 bits per heavy atom. The van der Waals surface area contributed by atoms with Crippen molar-refractivity contribution in [3.63, 3.8) is 0 Å². The van der Waals surface area contributed by atoms with E-state index in [4.69, 9.17) is 0 Å². The summed E-state index contributed by atoms with van der Waals surface area (Å²) in [7, 11) is -9.07. The maximum atomic E-state index is 13.9. The van der Waals surface area contributed by atoms with Crippen LogP contribution in [0.3, 0.4) is 0 Å². The quantitative estimate of drug-likeness (QED) is 0.250. The molecule has 0 amide bonds. The van der Waals surface area contributed by atoms with Crippen LogP contribution in [0.4, 0.5) is 24.7 Å². The van der Waals surface area contributed by atoms with E-state index in [-0.39, 0.29) is 42.2 Å². The first-order valence-corrected chi connectivity index (χ1v) is 15.5. The second-order valence-corrected chi connectivity index (χ2v) is 13.3. The predicted octanol–water partition coefficient (Wildman–Crippen LogP) is 4.52. The standard InChI is InChI=1S/C27H24F3N7O4S2/c1-18-7-11-20(12-8-18)42(38,39)36(16-25-32-34-35-33-25)26-23-6-4-3-5-22(23)24(15-31-26)37(17-27(28,29)30)43(40,41)21-13-9-19(2)10-14-21/h3-15H,16-17H2,1-2H3,(H,32,33,34,35). The molecule has 5 rings (SSSR count). The van der Waals surface area contributed by atoms with Crippen molar-refractivity contribution >= 4 is 42.3 Å². The first-order valence-electron chi connectivity index (χ1n) is 12.6. The largest absolute Gasteiger partial charge is 0.407 e. The van der Waals surface area contributed by atoms with Crippen molar-refractivity contribution in [2.24, 2.45) is 0 Å². The van der Waals surface area contributed by atoms with E-state index in [2.05, 4.69) is 25.6 Å². The second-order valence-electron chi connectivity index (χ2n) is 9.61. The van der Waals surface area contributed by atoms with Gasteiger partial charge in [-0.3, -0.25) is 4.31 Å². The number of fused-ring (bicyclic) bond motifs is 1. The zero-order chi connectivity index (χ0) is 31.0. The first kappa shape index (κ1) is 29.9. The molecule has 0 radical (unpaired) electrons. The highest BCUT2D eigenvalue weighted by Gasteiger charge is 2.39. The van der Waals surface area contributed by atoms with Gasteiger partial charge in [0.25, 0.3) is 20.0 Å². The Kier molecular flexibility index (Phi) is 7.83. The summed E-state index contributed by atoms with van der Waals surface area (Å²) >= 11 is 0. The van der Waals surface area contributed by atoms with E-state index in [1.165, 1.54) is 60.7 Å². The fourth-order valence-electron chi connectivity index (χ4n) is 4.35. The van der Waals surface area contributed by atoms with Crippen molar-refractivity contribution in [1.82, 2.24) is 25.6 Å². The molecule has 0 aliphatic heterocycles. The van der Waals surface area contributed by atoms with Crippen molar-refractivity contribution in [3.8, 4) is 0 Å². The molecule has 0 bridgehead atoms. The van der Waals surface area contributed by atoms with E-state index in [0.717, 1.165) is 16.1 Å². The number of hydrogen-bond acceptors (Lipinski definition) is 8. The Bertz CT molecular complexity index is 1970. The SMILES string of the molecule is Cc1ccc(S(=O)(=O)N(CC(F)(F)F)c2cnc(N(Cc3nn[nH]n3)S(=O)(=O)c3ccc(C)cc3)c3ccccc23)cc1. The van der Waals surface area contributed by atoms with Crippen LogP contribution in [0.5, 0.6) is 0 Å². The molecule has 0 unspecified atom stereocenters. The molecular formula is C27H24F3N7O4S2. The summed E-state index contributed by atoms with van der Waals surface area (Å²) in [6, 6.07) is 17.3. The Morgan fingerprint density at radius 3 is 1.81 bits per heavy atom. The minimum absolute atomic E-state index is 0.00806. The normalized spacial score (nSPS) is 12.4. The summed E-state index contributed by atoms with van der Waals surface area (Å²) in [4.78, 5) is 3.82. The zero-order valence-electron chi connectivity index (χ0n) is 22.7. The van der Waals surface area contributed by atoms with Crippen molar-refractivity contribution in [2.45, 2.75) is 36.4 Å². The highest BCUT2D eigenvalue weighted by atomic mass is 32.2. The van der Waals surface area contributed by atoms with Gasteiger partial charge < -0.3 is 0 Å². The fourth-order valence-corrected chi connectivity index (χ4v) is 7.20. The van der Waals surface area contributed by atoms with Crippen molar-refractivity contribution in [3.05, 3.63) is 95.9 Å². The van der Waals surface area contributed by atoms with Gasteiger partial charge in [0.05, 0.1) is 28.2 Å². The topological polar surface area (TPSA) is 142 Å². The van der Waals surface area contributed by atoms with Crippen LogP contribution in [-0.4, -0.2) is 55.2 Å². The lowest BCUT2D eigenvalue weighted by Gasteiger charge is -2.28. The van der Waals surface area contributed by atoms with Crippen LogP contribution in [0.25, 0.3) is 10.8 Å². The van der Waals surface area contributed by atoms with Gasteiger partial charge in [-0.05, 0) is 38.1 Å². The van der Waals surface area contributed by atoms with E-state index >= 15 is 0 Å². The molecule has 0 spiro atoms. The van der Waals surface area contributed by atoms with Crippen molar-refractivity contribution in [2.75, 3.05) is 15.2 Å². The summed E-state index contributed by atoms with van der Waals surface area (Å²) in [6.45, 7) is 1.23. The number of halogens is 3. The highest BCUT2D eigenvalue weighted by Crippen LogP contribution is 2.38. The Labute approximate surface area is 245 Å². The Morgan fingerprint density at radius 2 is 1.30 bits per heavy atom. The summed E-state index contributed by atoms with van der Waals surface area (Å²) in [5, 5.41) is 13.5. The third-order valence-electron chi connectivity index (χ3n) is 6.47. The number of tetrazole rings is 1. The fraction of sp³-hybridized carbons (Fsp3) is 0.185. The molecule has 2 aromatic heterocycles. The van der Waals surface area contributed by atoms with E-state index in [1.807, 2.05) is 0 Å². The van der Waals surface area contributed by atoms with Gasteiger partial charge in [0.2, 0.25) is 0 Å². The Hall–Kier alpha value is -4.57. The maximum Gasteiger partial charge on any atom is 0.407 e. The van der Waals surface area contributed by atoms with Crippen LogP contribution >= 0.6 is 0 Å². The van der Waals surface area contributed by atoms with Crippen LogP contribution in [0.2, 0.25) is 0 Å². The van der Waals surface area contributed by atoms with Gasteiger partial charge in [-0.2, -0.15) is 18.4 Å². The van der Waals surface area contributed by atoms with Gasteiger partial charge in [-0.25, -0.2) is 26.1 Å². The van der Waals surface area contributed by atoms with Crippen molar-refractivity contribution in [1.29, 1.82) is 0 Å². The first-order chi connectivity index (χ1) is 20.3. The third kappa shape index (κ3) is 6.15. The zero-order valence-corrected chi connectivity index (χ0v) is 24.3. The summed E-state index contributed by atoms with van der Waals surface area (Å²) in [5.41, 5.74) is 1.15. The minimum Gasteiger partial charge on any atom is -0.255 e. The van der Waals surface area contributed by atoms with Gasteiger partial charge in [0.15, 0.2) is 11.6 Å². The third-order valence-corrected chi connectivity index (χ3v) is 10.00. The van der Waals surface area contributed by atoms with Crippen LogP contribution in [0.15, 0.2) is 88.8 Å². The molecule has 0 aliphatic carbocycles. The predicted molar refractivity (Wildman–Crippen MR) is 152 cm³/mol. The average Bonchev–Trinajstić information content (AvgIpc) is 3.48. The molecule has 0 saturated heterocycles. The molecule has 16 heteroatoms. The van der Waals surface area contributed by atoms with Gasteiger partial charge in [-0.1, -0.05) is 64.9 Å². The maximum absolute atomic E-state index is 13.9. The summed E-state index contributed by atoms with van der Waals surface area (Å²) in [6.07, 6.45) is -4.00. The van der Waals surface area contributed by atoms with E-state index in [9.17, 15) is 30.0 Å². The molecule has 43 heavy (non-hydrogen) atoms. The van der Waals surface area contributed by atoms with Crippen LogP contribution < -0.4 is 8.61 Å². The summed E-state index contributed by atoms with van der Waals surface area (Å²) in [5.74, 6) is -0.185. The average molecular weight is 632 g/mol. The van der Waals surface area contributed by atoms with Crippen LogP contribution in [0, 0.1) is 13.8 Å². The lowest BCUT2D eigenvalue weighted by molar-refractivity contribution is -0.117. The Balaban J connectivity index is 1.72. The number of hydrogen-bond donors (Lipinski definition) is 1. The number of nitrogens with one attached hydrogen (secondary N) is 1. The number of rotatable bonds is 9. The van der Waals surface area contributed by atoms with E-state index < -0.39 is 39.3 Å². The van der Waals surface area contributed by atoms with Crippen LogP contribution in [0.1, 0.15) is 17.0 Å². The molecule has 1 N–H and O–H groups in total. The van der Waals surface area contributed by atoms with Gasteiger partial charge in [0.1, 0.15) is 6.54 Å². The smallest absolute Gasteiger partial charge is 0.255 e. The lowest BCUT2D eigenvalue weighted by Crippen LogP contribution is -2.39. The molecule has 0 aliphatic rings. The number of aromatic nitrogens is 5. The molecule has 2 heterocycles. The van der Waals surface area contributed by atoms with E-state index in [0.29, 0.717) is 5.56 Å². The second kappa shape index (κ2) is 11.3. The highest BCUT2D eigenvalue weighted by molar-refractivity contribution is 7.93. The number of pyridine rings is 1. The van der Waals surface area contributed by atoms with Gasteiger partial charge in [-0.15, -0.1) is 10.2 Å². The summed E-state index contributed by atoms with van der Waals surface area (Å²) < 4.78 is 97.8. The molecular weight excluding hydrogens is 607 g/mol. The lowest BCUT2D eigenvalue weighted by atomic mass is 10.1. The van der Waals surface area contributed by atoms with Gasteiger partial charge >= 0.3 is 6.18 Å². The van der Waals surface area contributed by atoms with Gasteiger partial charge in [0, 0.05) is 10.8 Å². The number of anilines is 2.